The fourth-order valence-corrected chi connectivity index (χ4v) is 4.37. The first-order valence-corrected chi connectivity index (χ1v) is 11.6. The number of benzene rings is 2. The van der Waals surface area contributed by atoms with E-state index < -0.39 is 0 Å². The number of anilines is 1. The van der Waals surface area contributed by atoms with Gasteiger partial charge in [0, 0.05) is 9.26 Å². The zero-order valence-corrected chi connectivity index (χ0v) is 20.3. The molecule has 30 heavy (non-hydrogen) atoms. The maximum atomic E-state index is 12.3. The lowest BCUT2D eigenvalue weighted by molar-refractivity contribution is -0.113. The predicted octanol–water partition coefficient (Wildman–Crippen LogP) is 5.72. The molecule has 0 spiro atoms. The van der Waals surface area contributed by atoms with Crippen LogP contribution >= 0.6 is 34.4 Å². The van der Waals surface area contributed by atoms with E-state index in [4.69, 9.17) is 9.15 Å². The standard InChI is InChI=1S/C22H24IN3O3S/c1-13(2)16-5-7-18(8-6-16)28-11-20-25-26-22(29-20)30-12-19(27)24-21-14(3)9-17(23)10-15(21)4/h5-10,13H,11-12H2,1-4H3,(H,24,27). The largest absolute Gasteiger partial charge is 0.484 e. The minimum Gasteiger partial charge on any atom is -0.484 e. The highest BCUT2D eigenvalue weighted by Crippen LogP contribution is 2.24. The van der Waals surface area contributed by atoms with Crippen molar-refractivity contribution in [3.8, 4) is 5.75 Å². The van der Waals surface area contributed by atoms with Crippen LogP contribution in [0.4, 0.5) is 5.69 Å². The van der Waals surface area contributed by atoms with Crippen molar-refractivity contribution < 1.29 is 13.9 Å². The smallest absolute Gasteiger partial charge is 0.277 e. The lowest BCUT2D eigenvalue weighted by Crippen LogP contribution is -2.16. The Morgan fingerprint density at radius 3 is 2.47 bits per heavy atom. The monoisotopic (exact) mass is 537 g/mol. The van der Waals surface area contributed by atoms with Gasteiger partial charge in [-0.15, -0.1) is 10.2 Å². The molecule has 158 valence electrons. The van der Waals surface area contributed by atoms with Gasteiger partial charge in [0.1, 0.15) is 5.75 Å². The van der Waals surface area contributed by atoms with Crippen LogP contribution in [0.3, 0.4) is 0 Å². The molecule has 1 N–H and O–H groups in total. The Bertz CT molecular complexity index is 996. The normalized spacial score (nSPS) is 11.0. The first kappa shape index (κ1) is 22.6. The number of nitrogens with zero attached hydrogens (tertiary/aromatic N) is 2. The molecule has 0 atom stereocenters. The average molecular weight is 537 g/mol. The third-order valence-corrected chi connectivity index (χ3v) is 5.89. The molecule has 0 saturated carbocycles. The summed E-state index contributed by atoms with van der Waals surface area (Å²) in [6, 6.07) is 12.0. The highest BCUT2D eigenvalue weighted by atomic mass is 127. The molecule has 0 unspecified atom stereocenters. The van der Waals surface area contributed by atoms with Crippen molar-refractivity contribution in [2.75, 3.05) is 11.1 Å². The summed E-state index contributed by atoms with van der Waals surface area (Å²) in [5.41, 5.74) is 4.18. The molecule has 0 aliphatic carbocycles. The zero-order valence-electron chi connectivity index (χ0n) is 17.4. The van der Waals surface area contributed by atoms with Gasteiger partial charge in [0.05, 0.1) is 5.75 Å². The van der Waals surface area contributed by atoms with Crippen LogP contribution in [0.25, 0.3) is 0 Å². The Hall–Kier alpha value is -2.07. The van der Waals surface area contributed by atoms with Crippen LogP contribution in [0.5, 0.6) is 5.75 Å². The SMILES string of the molecule is Cc1cc(I)cc(C)c1NC(=O)CSc1nnc(COc2ccc(C(C)C)cc2)o1. The number of aromatic nitrogens is 2. The van der Waals surface area contributed by atoms with Crippen molar-refractivity contribution in [3.63, 3.8) is 0 Å². The number of carbonyl (C=O) groups is 1. The molecule has 0 aliphatic heterocycles. The van der Waals surface area contributed by atoms with Crippen molar-refractivity contribution in [2.24, 2.45) is 0 Å². The van der Waals surface area contributed by atoms with Gasteiger partial charge in [-0.25, -0.2) is 0 Å². The minimum atomic E-state index is -0.117. The van der Waals surface area contributed by atoms with Gasteiger partial charge in [-0.3, -0.25) is 4.79 Å². The molecule has 6 nitrogen and oxygen atoms in total. The van der Waals surface area contributed by atoms with Crippen LogP contribution in [0.1, 0.15) is 42.3 Å². The highest BCUT2D eigenvalue weighted by Gasteiger charge is 2.13. The molecule has 0 saturated heterocycles. The number of nitrogens with one attached hydrogen (secondary N) is 1. The quantitative estimate of drug-likeness (QED) is 0.293. The number of aryl methyl sites for hydroxylation is 2. The van der Waals surface area contributed by atoms with E-state index in [1.54, 1.807) is 0 Å². The summed E-state index contributed by atoms with van der Waals surface area (Å²) in [7, 11) is 0. The van der Waals surface area contributed by atoms with Crippen molar-refractivity contribution in [3.05, 3.63) is 62.5 Å². The molecule has 0 aliphatic rings. The van der Waals surface area contributed by atoms with E-state index in [1.165, 1.54) is 17.3 Å². The van der Waals surface area contributed by atoms with Gasteiger partial charge in [-0.2, -0.15) is 0 Å². The number of ether oxygens (including phenoxy) is 1. The summed E-state index contributed by atoms with van der Waals surface area (Å²) in [5.74, 6) is 1.66. The van der Waals surface area contributed by atoms with Crippen molar-refractivity contribution >= 4 is 45.9 Å². The Morgan fingerprint density at radius 2 is 1.83 bits per heavy atom. The molecular formula is C22H24IN3O3S. The van der Waals surface area contributed by atoms with Gasteiger partial charge in [0.15, 0.2) is 6.61 Å². The second-order valence-electron chi connectivity index (χ2n) is 7.23. The van der Waals surface area contributed by atoms with Crippen LogP contribution in [-0.4, -0.2) is 21.9 Å². The van der Waals surface area contributed by atoms with Crippen LogP contribution in [-0.2, 0) is 11.4 Å². The summed E-state index contributed by atoms with van der Waals surface area (Å²) in [6.45, 7) is 8.45. The van der Waals surface area contributed by atoms with E-state index in [-0.39, 0.29) is 18.3 Å². The average Bonchev–Trinajstić information content (AvgIpc) is 3.16. The number of carbonyl (C=O) groups excluding carboxylic acids is 1. The third kappa shape index (κ3) is 6.21. The predicted molar refractivity (Wildman–Crippen MR) is 127 cm³/mol. The van der Waals surface area contributed by atoms with Crippen LogP contribution in [0.15, 0.2) is 46.0 Å². The molecule has 0 bridgehead atoms. The number of rotatable bonds is 8. The summed E-state index contributed by atoms with van der Waals surface area (Å²) < 4.78 is 12.4. The third-order valence-electron chi connectivity index (χ3n) is 4.45. The number of amides is 1. The highest BCUT2D eigenvalue weighted by molar-refractivity contribution is 14.1. The van der Waals surface area contributed by atoms with E-state index in [1.807, 2.05) is 50.2 Å². The van der Waals surface area contributed by atoms with E-state index in [9.17, 15) is 4.79 Å². The first-order chi connectivity index (χ1) is 14.3. The van der Waals surface area contributed by atoms with Crippen LogP contribution < -0.4 is 10.1 Å². The molecule has 3 rings (SSSR count). The maximum Gasteiger partial charge on any atom is 0.277 e. The molecular weight excluding hydrogens is 513 g/mol. The topological polar surface area (TPSA) is 77.2 Å². The number of halogens is 1. The summed E-state index contributed by atoms with van der Waals surface area (Å²) in [6.07, 6.45) is 0. The molecule has 2 aromatic carbocycles. The Morgan fingerprint density at radius 1 is 1.17 bits per heavy atom. The van der Waals surface area contributed by atoms with Crippen LogP contribution in [0, 0.1) is 17.4 Å². The van der Waals surface area contributed by atoms with Gasteiger partial charge in [0.2, 0.25) is 5.91 Å². The fraction of sp³-hybridized carbons (Fsp3) is 0.318. The van der Waals surface area contributed by atoms with Gasteiger partial charge in [-0.05, 0) is 83.3 Å². The fourth-order valence-electron chi connectivity index (χ4n) is 2.86. The number of thioether (sulfide) groups is 1. The maximum absolute atomic E-state index is 12.3. The molecule has 3 aromatic rings. The number of hydrogen-bond acceptors (Lipinski definition) is 6. The van der Waals surface area contributed by atoms with Crippen molar-refractivity contribution in [1.82, 2.24) is 10.2 Å². The molecule has 1 aromatic heterocycles. The van der Waals surface area contributed by atoms with E-state index in [2.05, 4.69) is 52.0 Å². The zero-order chi connectivity index (χ0) is 21.7. The lowest BCUT2D eigenvalue weighted by Gasteiger charge is -2.11. The Kier molecular flexibility index (Phi) is 7.76. The van der Waals surface area contributed by atoms with E-state index in [0.717, 1.165) is 26.1 Å². The Balaban J connectivity index is 1.49. The molecule has 0 radical (unpaired) electrons. The Labute approximate surface area is 194 Å². The van der Waals surface area contributed by atoms with Gasteiger partial charge < -0.3 is 14.5 Å². The van der Waals surface area contributed by atoms with E-state index in [0.29, 0.717) is 17.0 Å². The van der Waals surface area contributed by atoms with Crippen molar-refractivity contribution in [2.45, 2.75) is 45.4 Å². The van der Waals surface area contributed by atoms with Crippen molar-refractivity contribution in [1.29, 1.82) is 0 Å². The van der Waals surface area contributed by atoms with E-state index >= 15 is 0 Å². The van der Waals surface area contributed by atoms with Gasteiger partial charge in [0.25, 0.3) is 11.1 Å². The summed E-state index contributed by atoms with van der Waals surface area (Å²) in [5, 5.41) is 11.3. The number of hydrogen-bond donors (Lipinski definition) is 1. The molecule has 1 amide bonds. The summed E-state index contributed by atoms with van der Waals surface area (Å²) >= 11 is 3.47. The minimum absolute atomic E-state index is 0.117. The first-order valence-electron chi connectivity index (χ1n) is 9.56. The second-order valence-corrected chi connectivity index (χ2v) is 9.40. The van der Waals surface area contributed by atoms with Gasteiger partial charge >= 0.3 is 0 Å². The molecule has 8 heteroatoms. The lowest BCUT2D eigenvalue weighted by atomic mass is 10.0. The summed E-state index contributed by atoms with van der Waals surface area (Å²) in [4.78, 5) is 12.3. The van der Waals surface area contributed by atoms with Crippen LogP contribution in [0.2, 0.25) is 0 Å². The van der Waals surface area contributed by atoms with Gasteiger partial charge in [-0.1, -0.05) is 37.7 Å². The molecule has 0 fully saturated rings. The second kappa shape index (κ2) is 10.3. The molecule has 1 heterocycles.